The fraction of sp³-hybridized carbons (Fsp3) is 0.471. The molecule has 2 rings (SSSR count). The second-order valence-corrected chi connectivity index (χ2v) is 5.57. The van der Waals surface area contributed by atoms with Crippen molar-refractivity contribution in [2.45, 2.75) is 12.8 Å². The Labute approximate surface area is 127 Å². The van der Waals surface area contributed by atoms with Crippen molar-refractivity contribution in [1.82, 2.24) is 15.5 Å². The highest BCUT2D eigenvalue weighted by Crippen LogP contribution is 2.15. The van der Waals surface area contributed by atoms with Crippen LogP contribution in [-0.2, 0) is 6.42 Å². The van der Waals surface area contributed by atoms with Gasteiger partial charge in [0.05, 0.1) is 0 Å². The Hall–Kier alpha value is -1.81. The van der Waals surface area contributed by atoms with Crippen molar-refractivity contribution in [2.24, 2.45) is 5.92 Å². The molecule has 4 nitrogen and oxygen atoms in total. The third-order valence-corrected chi connectivity index (χ3v) is 3.89. The average molecular weight is 287 g/mol. The maximum absolute atomic E-state index is 11.5. The standard InChI is InChI=1S/C17H25N3O/c1-2-10-18-17(21)19-13-16-9-12-20(14-16)11-8-15-6-4-3-5-7-15/h2-7,16H,1,8-14H2,(H2,18,19,21). The molecule has 1 atom stereocenters. The minimum atomic E-state index is -0.0994. The first-order chi connectivity index (χ1) is 10.3. The highest BCUT2D eigenvalue weighted by atomic mass is 16.2. The number of nitrogens with one attached hydrogen (secondary N) is 2. The van der Waals surface area contributed by atoms with Crippen LogP contribution in [-0.4, -0.2) is 43.7 Å². The molecule has 0 bridgehead atoms. The summed E-state index contributed by atoms with van der Waals surface area (Å²) in [6, 6.07) is 10.5. The van der Waals surface area contributed by atoms with Crippen LogP contribution >= 0.6 is 0 Å². The lowest BCUT2D eigenvalue weighted by Gasteiger charge is -2.16. The predicted molar refractivity (Wildman–Crippen MR) is 86.3 cm³/mol. The smallest absolute Gasteiger partial charge is 0.315 e. The number of amides is 2. The molecule has 2 N–H and O–H groups in total. The highest BCUT2D eigenvalue weighted by molar-refractivity contribution is 5.73. The third-order valence-electron chi connectivity index (χ3n) is 3.89. The molecule has 1 aromatic rings. The summed E-state index contributed by atoms with van der Waals surface area (Å²) in [7, 11) is 0. The summed E-state index contributed by atoms with van der Waals surface area (Å²) in [6.07, 6.45) is 3.94. The highest BCUT2D eigenvalue weighted by Gasteiger charge is 2.22. The van der Waals surface area contributed by atoms with Gasteiger partial charge in [-0.25, -0.2) is 4.79 Å². The van der Waals surface area contributed by atoms with Gasteiger partial charge in [-0.15, -0.1) is 6.58 Å². The van der Waals surface area contributed by atoms with E-state index in [2.05, 4.69) is 52.4 Å². The zero-order valence-corrected chi connectivity index (χ0v) is 12.6. The van der Waals surface area contributed by atoms with Gasteiger partial charge < -0.3 is 15.5 Å². The van der Waals surface area contributed by atoms with Gasteiger partial charge in [-0.3, -0.25) is 0 Å². The van der Waals surface area contributed by atoms with E-state index in [1.54, 1.807) is 6.08 Å². The average Bonchev–Trinajstić information content (AvgIpc) is 2.98. The zero-order chi connectivity index (χ0) is 14.9. The van der Waals surface area contributed by atoms with Crippen molar-refractivity contribution >= 4 is 6.03 Å². The number of urea groups is 1. The molecule has 0 saturated carbocycles. The van der Waals surface area contributed by atoms with Gasteiger partial charge >= 0.3 is 6.03 Å². The van der Waals surface area contributed by atoms with Crippen molar-refractivity contribution in [2.75, 3.05) is 32.7 Å². The van der Waals surface area contributed by atoms with Crippen LogP contribution in [0.15, 0.2) is 43.0 Å². The van der Waals surface area contributed by atoms with Crippen LogP contribution in [0.4, 0.5) is 4.79 Å². The number of likely N-dealkylation sites (tertiary alicyclic amines) is 1. The van der Waals surface area contributed by atoms with Crippen molar-refractivity contribution in [3.63, 3.8) is 0 Å². The Morgan fingerprint density at radius 3 is 2.90 bits per heavy atom. The van der Waals surface area contributed by atoms with Gasteiger partial charge in [0.15, 0.2) is 0 Å². The fourth-order valence-electron chi connectivity index (χ4n) is 2.68. The lowest BCUT2D eigenvalue weighted by atomic mass is 10.1. The SMILES string of the molecule is C=CCNC(=O)NCC1CCN(CCc2ccccc2)C1. The molecular weight excluding hydrogens is 262 g/mol. The number of hydrogen-bond acceptors (Lipinski definition) is 2. The number of carbonyl (C=O) groups excluding carboxylic acids is 1. The van der Waals surface area contributed by atoms with Crippen molar-refractivity contribution in [1.29, 1.82) is 0 Å². The van der Waals surface area contributed by atoms with E-state index in [1.165, 1.54) is 5.56 Å². The van der Waals surface area contributed by atoms with Crippen LogP contribution in [0.2, 0.25) is 0 Å². The number of nitrogens with zero attached hydrogens (tertiary/aromatic N) is 1. The quantitative estimate of drug-likeness (QED) is 0.754. The van der Waals surface area contributed by atoms with Gasteiger partial charge in [0.2, 0.25) is 0 Å². The molecule has 1 aliphatic heterocycles. The second kappa shape index (κ2) is 8.47. The Morgan fingerprint density at radius 2 is 2.14 bits per heavy atom. The molecule has 2 amide bonds. The first-order valence-electron chi connectivity index (χ1n) is 7.67. The molecule has 0 aromatic heterocycles. The van der Waals surface area contributed by atoms with Gasteiger partial charge in [-0.05, 0) is 30.9 Å². The molecule has 1 unspecified atom stereocenters. The van der Waals surface area contributed by atoms with E-state index < -0.39 is 0 Å². The molecule has 0 radical (unpaired) electrons. The van der Waals surface area contributed by atoms with Gasteiger partial charge in [-0.1, -0.05) is 36.4 Å². The minimum absolute atomic E-state index is 0.0994. The molecule has 1 aromatic carbocycles. The van der Waals surface area contributed by atoms with Crippen molar-refractivity contribution < 1.29 is 4.79 Å². The van der Waals surface area contributed by atoms with Crippen LogP contribution in [0.5, 0.6) is 0 Å². The fourth-order valence-corrected chi connectivity index (χ4v) is 2.68. The molecule has 0 spiro atoms. The largest absolute Gasteiger partial charge is 0.338 e. The maximum atomic E-state index is 11.5. The Balaban J connectivity index is 1.62. The summed E-state index contributed by atoms with van der Waals surface area (Å²) in [5.41, 5.74) is 1.39. The normalized spacial score (nSPS) is 18.4. The van der Waals surface area contributed by atoms with Crippen LogP contribution < -0.4 is 10.6 Å². The summed E-state index contributed by atoms with van der Waals surface area (Å²) in [4.78, 5) is 14.0. The Morgan fingerprint density at radius 1 is 1.33 bits per heavy atom. The lowest BCUT2D eigenvalue weighted by molar-refractivity contribution is 0.239. The summed E-state index contributed by atoms with van der Waals surface area (Å²) in [6.45, 7) is 8.16. The lowest BCUT2D eigenvalue weighted by Crippen LogP contribution is -2.38. The molecule has 0 aliphatic carbocycles. The summed E-state index contributed by atoms with van der Waals surface area (Å²) in [5, 5.41) is 5.66. The van der Waals surface area contributed by atoms with Crippen LogP contribution in [0.1, 0.15) is 12.0 Å². The molecule has 1 saturated heterocycles. The molecule has 1 heterocycles. The molecule has 114 valence electrons. The van der Waals surface area contributed by atoms with E-state index in [4.69, 9.17) is 0 Å². The minimum Gasteiger partial charge on any atom is -0.338 e. The third kappa shape index (κ3) is 5.60. The molecule has 1 fully saturated rings. The zero-order valence-electron chi connectivity index (χ0n) is 12.6. The van der Waals surface area contributed by atoms with E-state index in [1.807, 2.05) is 0 Å². The number of carbonyl (C=O) groups is 1. The van der Waals surface area contributed by atoms with Gasteiger partial charge in [0.25, 0.3) is 0 Å². The van der Waals surface area contributed by atoms with E-state index in [0.29, 0.717) is 12.5 Å². The maximum Gasteiger partial charge on any atom is 0.315 e. The first-order valence-corrected chi connectivity index (χ1v) is 7.67. The topological polar surface area (TPSA) is 44.4 Å². The Bertz CT molecular complexity index is 447. The van der Waals surface area contributed by atoms with E-state index in [9.17, 15) is 4.79 Å². The van der Waals surface area contributed by atoms with Crippen molar-refractivity contribution in [3.05, 3.63) is 48.6 Å². The van der Waals surface area contributed by atoms with Crippen LogP contribution in [0.3, 0.4) is 0 Å². The van der Waals surface area contributed by atoms with Gasteiger partial charge in [-0.2, -0.15) is 0 Å². The summed E-state index contributed by atoms with van der Waals surface area (Å²) < 4.78 is 0. The van der Waals surface area contributed by atoms with E-state index >= 15 is 0 Å². The molecular formula is C17H25N3O. The van der Waals surface area contributed by atoms with E-state index in [0.717, 1.165) is 39.0 Å². The molecule has 4 heteroatoms. The van der Waals surface area contributed by atoms with E-state index in [-0.39, 0.29) is 6.03 Å². The molecule has 21 heavy (non-hydrogen) atoms. The monoisotopic (exact) mass is 287 g/mol. The first kappa shape index (κ1) is 15.6. The number of rotatable bonds is 7. The number of benzene rings is 1. The number of hydrogen-bond donors (Lipinski definition) is 2. The summed E-state index contributed by atoms with van der Waals surface area (Å²) >= 11 is 0. The second-order valence-electron chi connectivity index (χ2n) is 5.57. The summed E-state index contributed by atoms with van der Waals surface area (Å²) in [5.74, 6) is 0.565. The Kier molecular flexibility index (Phi) is 6.28. The van der Waals surface area contributed by atoms with Gasteiger partial charge in [0, 0.05) is 26.2 Å². The molecule has 1 aliphatic rings. The van der Waals surface area contributed by atoms with Crippen LogP contribution in [0.25, 0.3) is 0 Å². The predicted octanol–water partition coefficient (Wildman–Crippen LogP) is 2.04. The van der Waals surface area contributed by atoms with Crippen LogP contribution in [0, 0.1) is 5.92 Å². The van der Waals surface area contributed by atoms with Crippen molar-refractivity contribution in [3.8, 4) is 0 Å². The van der Waals surface area contributed by atoms with Gasteiger partial charge in [0.1, 0.15) is 0 Å².